The number of carbonyl (C=O) groups excluding carboxylic acids is 1. The maximum atomic E-state index is 12.8. The second-order valence-electron chi connectivity index (χ2n) is 7.24. The molecule has 1 N–H and O–H groups in total. The predicted octanol–water partition coefficient (Wildman–Crippen LogP) is 4.03. The van der Waals surface area contributed by atoms with Crippen LogP contribution in [0, 0.1) is 17.2 Å². The zero-order chi connectivity index (χ0) is 21.2. The lowest BCUT2D eigenvalue weighted by atomic mass is 9.88. The zero-order valence-electron chi connectivity index (χ0n) is 16.9. The van der Waals surface area contributed by atoms with Crippen LogP contribution in [0.15, 0.2) is 29.2 Å². The van der Waals surface area contributed by atoms with Crippen molar-refractivity contribution in [2.24, 2.45) is 5.92 Å². The first-order valence-electron chi connectivity index (χ1n) is 9.78. The number of amides is 1. The second-order valence-corrected chi connectivity index (χ2v) is 10.3. The minimum Gasteiger partial charge on any atom is -0.312 e. The Bertz CT molecular complexity index is 1060. The van der Waals surface area contributed by atoms with Crippen molar-refractivity contribution in [1.82, 2.24) is 4.31 Å². The van der Waals surface area contributed by atoms with Crippen molar-refractivity contribution >= 4 is 32.3 Å². The molecule has 1 aliphatic rings. The van der Waals surface area contributed by atoms with Crippen molar-refractivity contribution in [2.75, 3.05) is 18.4 Å². The molecule has 0 aliphatic heterocycles. The minimum absolute atomic E-state index is 0.0913. The Morgan fingerprint density at radius 1 is 1.34 bits per heavy atom. The lowest BCUT2D eigenvalue weighted by Gasteiger charge is -2.18. The Hall–Kier alpha value is -2.21. The second kappa shape index (κ2) is 8.66. The van der Waals surface area contributed by atoms with E-state index in [1.165, 1.54) is 27.8 Å². The van der Waals surface area contributed by atoms with E-state index in [2.05, 4.69) is 18.3 Å². The number of benzene rings is 1. The van der Waals surface area contributed by atoms with Crippen molar-refractivity contribution in [3.8, 4) is 6.07 Å². The molecule has 29 heavy (non-hydrogen) atoms. The van der Waals surface area contributed by atoms with Crippen LogP contribution in [0.4, 0.5) is 5.00 Å². The van der Waals surface area contributed by atoms with Gasteiger partial charge in [0.2, 0.25) is 10.0 Å². The number of carbonyl (C=O) groups is 1. The quantitative estimate of drug-likeness (QED) is 0.748. The van der Waals surface area contributed by atoms with Crippen LogP contribution in [0.25, 0.3) is 0 Å². The Morgan fingerprint density at radius 2 is 2.07 bits per heavy atom. The third kappa shape index (κ3) is 4.22. The Morgan fingerprint density at radius 3 is 2.72 bits per heavy atom. The summed E-state index contributed by atoms with van der Waals surface area (Å²) in [6.07, 6.45) is 2.81. The fourth-order valence-corrected chi connectivity index (χ4v) is 6.50. The number of hydrogen-bond donors (Lipinski definition) is 1. The highest BCUT2D eigenvalue weighted by Gasteiger charge is 2.26. The molecule has 1 amide bonds. The van der Waals surface area contributed by atoms with E-state index < -0.39 is 15.9 Å². The highest BCUT2D eigenvalue weighted by molar-refractivity contribution is 7.89. The van der Waals surface area contributed by atoms with Crippen molar-refractivity contribution in [1.29, 1.82) is 5.26 Å². The van der Waals surface area contributed by atoms with Gasteiger partial charge in [-0.15, -0.1) is 11.3 Å². The van der Waals surface area contributed by atoms with E-state index in [0.29, 0.717) is 29.6 Å². The molecule has 0 fully saturated rings. The van der Waals surface area contributed by atoms with Gasteiger partial charge in [-0.3, -0.25) is 4.79 Å². The predicted molar refractivity (Wildman–Crippen MR) is 115 cm³/mol. The molecule has 1 aromatic heterocycles. The molecule has 1 aliphatic carbocycles. The lowest BCUT2D eigenvalue weighted by Crippen LogP contribution is -2.30. The number of nitrogens with zero attached hydrogens (tertiary/aromatic N) is 2. The third-order valence-electron chi connectivity index (χ3n) is 5.29. The van der Waals surface area contributed by atoms with Crippen LogP contribution in [0.5, 0.6) is 0 Å². The molecule has 1 aromatic carbocycles. The van der Waals surface area contributed by atoms with Gasteiger partial charge in [0.05, 0.1) is 10.5 Å². The number of rotatable bonds is 6. The van der Waals surface area contributed by atoms with E-state index in [1.807, 2.05) is 0 Å². The average molecular weight is 432 g/mol. The number of anilines is 1. The molecule has 154 valence electrons. The summed E-state index contributed by atoms with van der Waals surface area (Å²) in [6.45, 7) is 6.47. The van der Waals surface area contributed by atoms with Gasteiger partial charge in [-0.25, -0.2) is 8.42 Å². The summed E-state index contributed by atoms with van der Waals surface area (Å²) in [5.41, 5.74) is 1.84. The molecule has 6 nitrogen and oxygen atoms in total. The van der Waals surface area contributed by atoms with Crippen LogP contribution in [-0.4, -0.2) is 31.7 Å². The molecule has 1 unspecified atom stereocenters. The van der Waals surface area contributed by atoms with Crippen LogP contribution in [0.3, 0.4) is 0 Å². The summed E-state index contributed by atoms with van der Waals surface area (Å²) in [6, 6.07) is 8.27. The van der Waals surface area contributed by atoms with Gasteiger partial charge in [0.15, 0.2) is 0 Å². The number of thiophene rings is 1. The number of fused-ring (bicyclic) bond motifs is 1. The van der Waals surface area contributed by atoms with E-state index in [0.717, 1.165) is 29.7 Å². The molecule has 2 aromatic rings. The molecule has 8 heteroatoms. The van der Waals surface area contributed by atoms with E-state index in [1.54, 1.807) is 26.0 Å². The molecule has 3 rings (SSSR count). The molecule has 0 bridgehead atoms. The highest BCUT2D eigenvalue weighted by atomic mass is 32.2. The van der Waals surface area contributed by atoms with Crippen LogP contribution in [0.1, 0.15) is 53.6 Å². The third-order valence-corrected chi connectivity index (χ3v) is 8.51. The largest absolute Gasteiger partial charge is 0.312 e. The van der Waals surface area contributed by atoms with Gasteiger partial charge in [-0.2, -0.15) is 9.57 Å². The summed E-state index contributed by atoms with van der Waals surface area (Å²) in [5.74, 6) is 0.156. The van der Waals surface area contributed by atoms with Crippen LogP contribution < -0.4 is 5.32 Å². The number of nitrogens with one attached hydrogen (secondary N) is 1. The smallest absolute Gasteiger partial charge is 0.256 e. The zero-order valence-corrected chi connectivity index (χ0v) is 18.5. The first-order valence-corrected chi connectivity index (χ1v) is 12.0. The molecule has 0 radical (unpaired) electrons. The fraction of sp³-hybridized carbons (Fsp3) is 0.429. The van der Waals surface area contributed by atoms with Gasteiger partial charge >= 0.3 is 0 Å². The first-order chi connectivity index (χ1) is 13.8. The molecule has 0 spiro atoms. The molecular weight excluding hydrogens is 406 g/mol. The van der Waals surface area contributed by atoms with E-state index in [9.17, 15) is 18.5 Å². The van der Waals surface area contributed by atoms with Gasteiger partial charge in [0, 0.05) is 23.5 Å². The van der Waals surface area contributed by atoms with Crippen molar-refractivity contribution in [3.63, 3.8) is 0 Å². The number of sulfonamides is 1. The molecule has 0 saturated heterocycles. The van der Waals surface area contributed by atoms with Gasteiger partial charge in [0.25, 0.3) is 5.91 Å². The van der Waals surface area contributed by atoms with Crippen molar-refractivity contribution < 1.29 is 13.2 Å². The van der Waals surface area contributed by atoms with Gasteiger partial charge in [-0.1, -0.05) is 26.8 Å². The summed E-state index contributed by atoms with van der Waals surface area (Å²) in [5, 5.41) is 13.0. The standard InChI is InChI=1S/C21H25N3O3S2/c1-4-24(5-2)29(26,27)16-8-6-7-15(12-16)20(25)23-21-18(13-22)17-10-9-14(3)11-19(17)28-21/h6-8,12,14H,4-5,9-11H2,1-3H3,(H,23,25). The minimum atomic E-state index is -3.65. The van der Waals surface area contributed by atoms with Gasteiger partial charge in [-0.05, 0) is 48.9 Å². The van der Waals surface area contributed by atoms with Crippen LogP contribution in [-0.2, 0) is 22.9 Å². The van der Waals surface area contributed by atoms with Crippen LogP contribution in [0.2, 0.25) is 0 Å². The van der Waals surface area contributed by atoms with E-state index in [-0.39, 0.29) is 10.5 Å². The molecule has 1 atom stereocenters. The normalized spacial score (nSPS) is 16.3. The van der Waals surface area contributed by atoms with Crippen molar-refractivity contribution in [3.05, 3.63) is 45.8 Å². The Balaban J connectivity index is 1.89. The van der Waals surface area contributed by atoms with Gasteiger partial charge < -0.3 is 5.32 Å². The van der Waals surface area contributed by atoms with E-state index >= 15 is 0 Å². The number of hydrogen-bond acceptors (Lipinski definition) is 5. The topological polar surface area (TPSA) is 90.3 Å². The summed E-state index contributed by atoms with van der Waals surface area (Å²) in [4.78, 5) is 14.1. The summed E-state index contributed by atoms with van der Waals surface area (Å²) < 4.78 is 26.8. The lowest BCUT2D eigenvalue weighted by molar-refractivity contribution is 0.102. The van der Waals surface area contributed by atoms with Crippen molar-refractivity contribution in [2.45, 2.75) is 44.9 Å². The number of nitriles is 1. The SMILES string of the molecule is CCN(CC)S(=O)(=O)c1cccc(C(=O)Nc2sc3c(c2C#N)CCC(C)C3)c1. The summed E-state index contributed by atoms with van der Waals surface area (Å²) >= 11 is 1.45. The molecular formula is C21H25N3O3S2. The molecule has 1 heterocycles. The fourth-order valence-electron chi connectivity index (χ4n) is 3.64. The maximum Gasteiger partial charge on any atom is 0.256 e. The van der Waals surface area contributed by atoms with Gasteiger partial charge in [0.1, 0.15) is 11.1 Å². The van der Waals surface area contributed by atoms with E-state index in [4.69, 9.17) is 0 Å². The first kappa shape index (κ1) is 21.5. The maximum absolute atomic E-state index is 12.8. The average Bonchev–Trinajstić information content (AvgIpc) is 3.04. The Labute approximate surface area is 176 Å². The molecule has 0 saturated carbocycles. The van der Waals surface area contributed by atoms with Crippen LogP contribution >= 0.6 is 11.3 Å². The summed E-state index contributed by atoms with van der Waals surface area (Å²) in [7, 11) is -3.65. The Kier molecular flexibility index (Phi) is 6.42. The highest BCUT2D eigenvalue weighted by Crippen LogP contribution is 2.39. The monoisotopic (exact) mass is 431 g/mol.